The van der Waals surface area contributed by atoms with Crippen LogP contribution in [0.1, 0.15) is 23.1 Å². The molecule has 1 amide bonds. The molecule has 0 radical (unpaired) electrons. The first-order chi connectivity index (χ1) is 12.5. The van der Waals surface area contributed by atoms with Crippen molar-refractivity contribution in [3.63, 3.8) is 0 Å². The van der Waals surface area contributed by atoms with Gasteiger partial charge in [0.1, 0.15) is 5.82 Å². The Bertz CT molecular complexity index is 967. The van der Waals surface area contributed by atoms with Crippen molar-refractivity contribution in [3.05, 3.63) is 75.1 Å². The van der Waals surface area contributed by atoms with Gasteiger partial charge in [-0.15, -0.1) is 6.58 Å². The fraction of sp³-hybridized carbons (Fsp3) is 0.200. The summed E-state index contributed by atoms with van der Waals surface area (Å²) < 4.78 is 3.13. The van der Waals surface area contributed by atoms with Gasteiger partial charge in [-0.25, -0.2) is 4.98 Å². The average molecular weight is 480 g/mol. The van der Waals surface area contributed by atoms with Gasteiger partial charge in [0, 0.05) is 27.2 Å². The minimum atomic E-state index is -0.0313. The van der Waals surface area contributed by atoms with Gasteiger partial charge in [-0.2, -0.15) is 0 Å². The number of carbonyl (C=O) groups is 1. The maximum atomic E-state index is 13.0. The van der Waals surface area contributed by atoms with Crippen LogP contribution in [0, 0.1) is 3.57 Å². The lowest BCUT2D eigenvalue weighted by Crippen LogP contribution is -2.32. The first kappa shape index (κ1) is 18.9. The molecule has 0 aliphatic rings. The van der Waals surface area contributed by atoms with Gasteiger partial charge >= 0.3 is 0 Å². The van der Waals surface area contributed by atoms with E-state index in [1.165, 1.54) is 0 Å². The fourth-order valence-electron chi connectivity index (χ4n) is 2.97. The molecule has 0 aliphatic carbocycles. The molecule has 1 aromatic heterocycles. The summed E-state index contributed by atoms with van der Waals surface area (Å²) in [5, 5.41) is 0.677. The van der Waals surface area contributed by atoms with Gasteiger partial charge in [-0.1, -0.05) is 23.7 Å². The molecule has 0 fully saturated rings. The number of aromatic nitrogens is 2. The molecular formula is C20H19ClIN3O. The predicted octanol–water partition coefficient (Wildman–Crippen LogP) is 5.14. The van der Waals surface area contributed by atoms with E-state index in [0.29, 0.717) is 23.7 Å². The zero-order chi connectivity index (χ0) is 18.7. The van der Waals surface area contributed by atoms with Crippen molar-refractivity contribution in [1.29, 1.82) is 0 Å². The van der Waals surface area contributed by atoms with E-state index in [0.717, 1.165) is 27.0 Å². The normalized spacial score (nSPS) is 10.9. The van der Waals surface area contributed by atoms with Crippen LogP contribution in [0.3, 0.4) is 0 Å². The van der Waals surface area contributed by atoms with Gasteiger partial charge in [-0.05, 0) is 65.9 Å². The number of imidazole rings is 1. The van der Waals surface area contributed by atoms with Crippen LogP contribution in [0.25, 0.3) is 11.0 Å². The van der Waals surface area contributed by atoms with E-state index >= 15 is 0 Å². The molecule has 0 spiro atoms. The number of hydrogen-bond donors (Lipinski definition) is 0. The Morgan fingerprint density at radius 1 is 1.35 bits per heavy atom. The molecule has 6 heteroatoms. The van der Waals surface area contributed by atoms with Gasteiger partial charge < -0.3 is 9.47 Å². The largest absolute Gasteiger partial charge is 0.327 e. The SMILES string of the molecule is C=CCN(Cc1nc2ccc(Cl)cc2n1CC)C(=O)c1cccc(I)c1. The van der Waals surface area contributed by atoms with E-state index in [1.807, 2.05) is 42.5 Å². The number of hydrogen-bond acceptors (Lipinski definition) is 2. The number of nitrogens with zero attached hydrogens (tertiary/aromatic N) is 3. The van der Waals surface area contributed by atoms with Crippen LogP contribution in [0.5, 0.6) is 0 Å². The highest BCUT2D eigenvalue weighted by atomic mass is 127. The third-order valence-electron chi connectivity index (χ3n) is 4.15. The van der Waals surface area contributed by atoms with Crippen LogP contribution in [-0.4, -0.2) is 26.9 Å². The lowest BCUT2D eigenvalue weighted by atomic mass is 10.2. The fourth-order valence-corrected chi connectivity index (χ4v) is 3.68. The van der Waals surface area contributed by atoms with Gasteiger partial charge in [-0.3, -0.25) is 4.79 Å². The van der Waals surface area contributed by atoms with Gasteiger partial charge in [0.15, 0.2) is 0 Å². The first-order valence-corrected chi connectivity index (χ1v) is 9.79. The predicted molar refractivity (Wildman–Crippen MR) is 115 cm³/mol. The van der Waals surface area contributed by atoms with E-state index in [4.69, 9.17) is 16.6 Å². The summed E-state index contributed by atoms with van der Waals surface area (Å²) in [6.45, 7) is 7.48. The Balaban J connectivity index is 1.96. The van der Waals surface area contributed by atoms with Crippen molar-refractivity contribution in [1.82, 2.24) is 14.5 Å². The molecule has 26 heavy (non-hydrogen) atoms. The Morgan fingerprint density at radius 3 is 2.85 bits per heavy atom. The number of carbonyl (C=O) groups excluding carboxylic acids is 1. The first-order valence-electron chi connectivity index (χ1n) is 8.34. The lowest BCUT2D eigenvalue weighted by Gasteiger charge is -2.21. The summed E-state index contributed by atoms with van der Waals surface area (Å²) in [6.07, 6.45) is 1.74. The summed E-state index contributed by atoms with van der Waals surface area (Å²) in [5.74, 6) is 0.807. The van der Waals surface area contributed by atoms with Crippen molar-refractivity contribution < 1.29 is 4.79 Å². The summed E-state index contributed by atoms with van der Waals surface area (Å²) in [5.41, 5.74) is 2.53. The zero-order valence-corrected chi connectivity index (χ0v) is 17.4. The van der Waals surface area contributed by atoms with Gasteiger partial charge in [0.2, 0.25) is 0 Å². The number of amides is 1. The molecule has 0 atom stereocenters. The second-order valence-corrected chi connectivity index (χ2v) is 7.57. The summed E-state index contributed by atoms with van der Waals surface area (Å²) in [7, 11) is 0. The van der Waals surface area contributed by atoms with Crippen molar-refractivity contribution in [2.75, 3.05) is 6.54 Å². The smallest absolute Gasteiger partial charge is 0.254 e. The van der Waals surface area contributed by atoms with E-state index in [1.54, 1.807) is 11.0 Å². The van der Waals surface area contributed by atoms with E-state index < -0.39 is 0 Å². The van der Waals surface area contributed by atoms with Crippen LogP contribution in [0.15, 0.2) is 55.1 Å². The van der Waals surface area contributed by atoms with Crippen molar-refractivity contribution in [2.45, 2.75) is 20.0 Å². The van der Waals surface area contributed by atoms with E-state index in [2.05, 4.69) is 40.7 Å². The monoisotopic (exact) mass is 479 g/mol. The topological polar surface area (TPSA) is 38.1 Å². The van der Waals surface area contributed by atoms with Crippen LogP contribution >= 0.6 is 34.2 Å². The van der Waals surface area contributed by atoms with Crippen molar-refractivity contribution in [2.24, 2.45) is 0 Å². The molecule has 0 saturated carbocycles. The van der Waals surface area contributed by atoms with Crippen LogP contribution < -0.4 is 0 Å². The molecule has 0 N–H and O–H groups in total. The van der Waals surface area contributed by atoms with Crippen molar-refractivity contribution >= 4 is 51.1 Å². The lowest BCUT2D eigenvalue weighted by molar-refractivity contribution is 0.0757. The highest BCUT2D eigenvalue weighted by Gasteiger charge is 2.19. The second kappa shape index (κ2) is 8.22. The molecule has 0 bridgehead atoms. The second-order valence-electron chi connectivity index (χ2n) is 5.89. The molecule has 3 rings (SSSR count). The van der Waals surface area contributed by atoms with Gasteiger partial charge in [0.25, 0.3) is 5.91 Å². The molecule has 3 aromatic rings. The zero-order valence-electron chi connectivity index (χ0n) is 14.5. The third-order valence-corrected chi connectivity index (χ3v) is 5.05. The molecule has 2 aromatic carbocycles. The van der Waals surface area contributed by atoms with E-state index in [9.17, 15) is 4.79 Å². The number of benzene rings is 2. The maximum Gasteiger partial charge on any atom is 0.254 e. The van der Waals surface area contributed by atoms with Gasteiger partial charge in [0.05, 0.1) is 17.6 Å². The molecule has 0 unspecified atom stereocenters. The molecule has 0 saturated heterocycles. The summed E-state index contributed by atoms with van der Waals surface area (Å²) >= 11 is 8.35. The highest BCUT2D eigenvalue weighted by Crippen LogP contribution is 2.22. The van der Waals surface area contributed by atoms with Crippen LogP contribution in [0.4, 0.5) is 0 Å². The Kier molecular flexibility index (Phi) is 5.98. The van der Waals surface area contributed by atoms with Crippen LogP contribution in [-0.2, 0) is 13.1 Å². The summed E-state index contributed by atoms with van der Waals surface area (Å²) in [6, 6.07) is 13.2. The average Bonchev–Trinajstić information content (AvgIpc) is 2.97. The minimum absolute atomic E-state index is 0.0313. The minimum Gasteiger partial charge on any atom is -0.327 e. The number of rotatable bonds is 6. The third kappa shape index (κ3) is 3.94. The molecular weight excluding hydrogens is 461 g/mol. The number of aryl methyl sites for hydroxylation is 1. The number of fused-ring (bicyclic) bond motifs is 1. The van der Waals surface area contributed by atoms with Crippen molar-refractivity contribution in [3.8, 4) is 0 Å². The standard InChI is InChI=1S/C20H19ClIN3O/c1-3-10-24(20(26)14-6-5-7-16(22)11-14)13-19-23-17-9-8-15(21)12-18(17)25(19)4-2/h3,5-9,11-12H,1,4,10,13H2,2H3. The Morgan fingerprint density at radius 2 is 2.15 bits per heavy atom. The number of halogens is 2. The molecule has 134 valence electrons. The maximum absolute atomic E-state index is 13.0. The Labute approximate surface area is 171 Å². The van der Waals surface area contributed by atoms with E-state index in [-0.39, 0.29) is 5.91 Å². The quantitative estimate of drug-likeness (QED) is 0.363. The van der Waals surface area contributed by atoms with Crippen LogP contribution in [0.2, 0.25) is 5.02 Å². The molecule has 1 heterocycles. The highest BCUT2D eigenvalue weighted by molar-refractivity contribution is 14.1. The molecule has 0 aliphatic heterocycles. The summed E-state index contributed by atoms with van der Waals surface area (Å²) in [4.78, 5) is 19.4. The Hall–Kier alpha value is -1.86. The molecule has 4 nitrogen and oxygen atoms in total.